The quantitative estimate of drug-likeness (QED) is 0.537. The molecule has 1 aromatic carbocycles. The predicted octanol–water partition coefficient (Wildman–Crippen LogP) is 2.72. The Bertz CT molecular complexity index is 773. The molecule has 23 heavy (non-hydrogen) atoms. The van der Waals surface area contributed by atoms with Crippen LogP contribution in [0.15, 0.2) is 36.9 Å². The summed E-state index contributed by atoms with van der Waals surface area (Å²) < 4.78 is 9.86. The summed E-state index contributed by atoms with van der Waals surface area (Å²) in [4.78, 5) is 28.3. The molecule has 1 aliphatic rings. The van der Waals surface area contributed by atoms with Crippen molar-refractivity contribution in [2.45, 2.75) is 18.8 Å². The lowest BCUT2D eigenvalue weighted by Gasteiger charge is -2.35. The molecule has 5 heteroatoms. The molecule has 0 spiro atoms. The van der Waals surface area contributed by atoms with Crippen molar-refractivity contribution in [1.29, 1.82) is 0 Å². The van der Waals surface area contributed by atoms with Crippen molar-refractivity contribution in [3.05, 3.63) is 48.2 Å². The van der Waals surface area contributed by atoms with Gasteiger partial charge < -0.3 is 14.5 Å². The molecule has 3 rings (SSSR count). The summed E-state index contributed by atoms with van der Waals surface area (Å²) >= 11 is 0. The van der Waals surface area contributed by atoms with E-state index in [1.165, 1.54) is 14.2 Å². The molecule has 1 aromatic heterocycles. The summed E-state index contributed by atoms with van der Waals surface area (Å²) in [7, 11) is 2.58. The summed E-state index contributed by atoms with van der Waals surface area (Å²) in [5.41, 5.74) is 1.60. The zero-order chi connectivity index (χ0) is 16.6. The Hall–Kier alpha value is -2.56. The number of esters is 2. The van der Waals surface area contributed by atoms with E-state index >= 15 is 0 Å². The highest BCUT2D eigenvalue weighted by Crippen LogP contribution is 2.46. The van der Waals surface area contributed by atoms with Crippen molar-refractivity contribution in [3.63, 3.8) is 0 Å². The molecule has 1 N–H and O–H groups in total. The van der Waals surface area contributed by atoms with Crippen LogP contribution in [-0.2, 0) is 25.5 Å². The van der Waals surface area contributed by atoms with Crippen LogP contribution >= 0.6 is 0 Å². The Balaban J connectivity index is 2.23. The van der Waals surface area contributed by atoms with Gasteiger partial charge in [0.05, 0.1) is 14.2 Å². The molecule has 1 aliphatic carbocycles. The van der Waals surface area contributed by atoms with Gasteiger partial charge in [-0.1, -0.05) is 24.3 Å². The van der Waals surface area contributed by atoms with Crippen LogP contribution in [0.5, 0.6) is 0 Å². The number of hydrogen-bond acceptors (Lipinski definition) is 4. The monoisotopic (exact) mass is 313 g/mol. The molecule has 0 fully saturated rings. The van der Waals surface area contributed by atoms with Gasteiger partial charge in [-0.25, -0.2) is 0 Å². The fourth-order valence-electron chi connectivity index (χ4n) is 3.57. The minimum Gasteiger partial charge on any atom is -0.468 e. The van der Waals surface area contributed by atoms with Crippen LogP contribution < -0.4 is 0 Å². The zero-order valence-corrected chi connectivity index (χ0v) is 13.2. The maximum Gasteiger partial charge on any atom is 0.323 e. The first kappa shape index (κ1) is 15.3. The third kappa shape index (κ3) is 2.15. The molecule has 0 saturated carbocycles. The van der Waals surface area contributed by atoms with E-state index in [0.29, 0.717) is 0 Å². The van der Waals surface area contributed by atoms with Crippen molar-refractivity contribution in [3.8, 4) is 0 Å². The van der Waals surface area contributed by atoms with Crippen molar-refractivity contribution in [2.24, 2.45) is 5.41 Å². The number of fused-ring (bicyclic) bond motifs is 3. The first-order chi connectivity index (χ1) is 11.1. The summed E-state index contributed by atoms with van der Waals surface area (Å²) in [6, 6.07) is 7.84. The molecular formula is C18H19NO4. The number of aromatic amines is 1. The van der Waals surface area contributed by atoms with Crippen LogP contribution in [-0.4, -0.2) is 31.1 Å². The fraction of sp³-hybridized carbons (Fsp3) is 0.333. The molecular weight excluding hydrogens is 294 g/mol. The average molecular weight is 313 g/mol. The van der Waals surface area contributed by atoms with Gasteiger partial charge in [-0.2, -0.15) is 0 Å². The number of allylic oxidation sites excluding steroid dienone is 1. The molecule has 120 valence electrons. The number of ether oxygens (including phenoxy) is 2. The molecule has 5 nitrogen and oxygen atoms in total. The van der Waals surface area contributed by atoms with Crippen LogP contribution in [0.25, 0.3) is 10.9 Å². The van der Waals surface area contributed by atoms with Gasteiger partial charge in [0.1, 0.15) is 0 Å². The highest BCUT2D eigenvalue weighted by molar-refractivity contribution is 6.02. The van der Waals surface area contributed by atoms with E-state index in [-0.39, 0.29) is 18.8 Å². The largest absolute Gasteiger partial charge is 0.468 e. The lowest BCUT2D eigenvalue weighted by molar-refractivity contribution is -0.170. The Morgan fingerprint density at radius 1 is 1.26 bits per heavy atom. The van der Waals surface area contributed by atoms with Crippen LogP contribution in [0.3, 0.4) is 0 Å². The third-order valence-electron chi connectivity index (χ3n) is 4.70. The van der Waals surface area contributed by atoms with Gasteiger partial charge in [-0.3, -0.25) is 9.59 Å². The number of H-pyrrole nitrogens is 1. The average Bonchev–Trinajstić information content (AvgIpc) is 2.97. The molecule has 1 unspecified atom stereocenters. The van der Waals surface area contributed by atoms with Crippen molar-refractivity contribution < 1.29 is 19.1 Å². The maximum absolute atomic E-state index is 12.5. The van der Waals surface area contributed by atoms with Gasteiger partial charge in [0.2, 0.25) is 0 Å². The van der Waals surface area contributed by atoms with E-state index in [1.54, 1.807) is 6.08 Å². The van der Waals surface area contributed by atoms with Gasteiger partial charge >= 0.3 is 11.9 Å². The highest BCUT2D eigenvalue weighted by atomic mass is 16.5. The number of rotatable bonds is 3. The molecule has 0 bridgehead atoms. The molecule has 0 amide bonds. The van der Waals surface area contributed by atoms with Crippen LogP contribution in [0.2, 0.25) is 0 Å². The van der Waals surface area contributed by atoms with Crippen LogP contribution in [0.4, 0.5) is 0 Å². The lowest BCUT2D eigenvalue weighted by Crippen LogP contribution is -2.46. The minimum atomic E-state index is -1.33. The second kappa shape index (κ2) is 5.57. The second-order valence-corrected chi connectivity index (χ2v) is 5.85. The fourth-order valence-corrected chi connectivity index (χ4v) is 3.57. The van der Waals surface area contributed by atoms with Crippen molar-refractivity contribution in [1.82, 2.24) is 4.98 Å². The Morgan fingerprint density at radius 3 is 2.52 bits per heavy atom. The van der Waals surface area contributed by atoms with Crippen molar-refractivity contribution >= 4 is 22.8 Å². The number of benzene rings is 1. The highest BCUT2D eigenvalue weighted by Gasteiger charge is 2.53. The van der Waals surface area contributed by atoms with E-state index in [1.807, 2.05) is 24.3 Å². The van der Waals surface area contributed by atoms with E-state index in [9.17, 15) is 9.59 Å². The smallest absolute Gasteiger partial charge is 0.323 e. The van der Waals surface area contributed by atoms with Crippen LogP contribution in [0, 0.1) is 5.41 Å². The first-order valence-corrected chi connectivity index (χ1v) is 7.46. The molecule has 1 heterocycles. The van der Waals surface area contributed by atoms with Crippen molar-refractivity contribution in [2.75, 3.05) is 14.2 Å². The number of carbonyl (C=O) groups is 2. The first-order valence-electron chi connectivity index (χ1n) is 7.46. The van der Waals surface area contributed by atoms with E-state index in [2.05, 4.69) is 11.6 Å². The number of aromatic nitrogens is 1. The molecule has 0 saturated heterocycles. The molecule has 2 aromatic rings. The zero-order valence-electron chi connectivity index (χ0n) is 13.2. The Morgan fingerprint density at radius 2 is 1.91 bits per heavy atom. The SMILES string of the molecule is C=CC1CC(C(=O)OC)(C(=O)OC)Cc2c1[nH]c1ccccc21. The molecule has 1 atom stereocenters. The summed E-state index contributed by atoms with van der Waals surface area (Å²) in [6.45, 7) is 3.87. The number of para-hydroxylation sites is 1. The van der Waals surface area contributed by atoms with Gasteiger partial charge in [0.25, 0.3) is 0 Å². The second-order valence-electron chi connectivity index (χ2n) is 5.85. The van der Waals surface area contributed by atoms with Crippen LogP contribution in [0.1, 0.15) is 23.6 Å². The molecule has 0 aliphatic heterocycles. The molecule has 0 radical (unpaired) electrons. The van der Waals surface area contributed by atoms with E-state index in [0.717, 1.165) is 22.2 Å². The van der Waals surface area contributed by atoms with E-state index in [4.69, 9.17) is 9.47 Å². The Kier molecular flexibility index (Phi) is 3.72. The maximum atomic E-state index is 12.5. The summed E-state index contributed by atoms with van der Waals surface area (Å²) in [5.74, 6) is -1.27. The third-order valence-corrected chi connectivity index (χ3v) is 4.70. The standard InChI is InChI=1S/C18H19NO4/c1-4-11-9-18(16(20)22-2,17(21)23-3)10-13-12-7-5-6-8-14(12)19-15(11)13/h4-8,11,19H,1,9-10H2,2-3H3. The number of nitrogens with one attached hydrogen (secondary N) is 1. The number of hydrogen-bond donors (Lipinski definition) is 1. The topological polar surface area (TPSA) is 68.4 Å². The van der Waals surface area contributed by atoms with Gasteiger partial charge in [0, 0.05) is 28.9 Å². The van der Waals surface area contributed by atoms with Gasteiger partial charge in [0.15, 0.2) is 5.41 Å². The minimum absolute atomic E-state index is 0.149. The summed E-state index contributed by atoms with van der Waals surface area (Å²) in [6.07, 6.45) is 2.31. The summed E-state index contributed by atoms with van der Waals surface area (Å²) in [5, 5.41) is 1.01. The van der Waals surface area contributed by atoms with E-state index < -0.39 is 17.4 Å². The number of carbonyl (C=O) groups excluding carboxylic acids is 2. The number of methoxy groups -OCH3 is 2. The normalized spacial score (nSPS) is 19.0. The Labute approximate surface area is 134 Å². The lowest BCUT2D eigenvalue weighted by atomic mass is 9.68. The van der Waals surface area contributed by atoms with Gasteiger partial charge in [-0.05, 0) is 18.1 Å². The predicted molar refractivity (Wildman–Crippen MR) is 86.0 cm³/mol. The van der Waals surface area contributed by atoms with Gasteiger partial charge in [-0.15, -0.1) is 6.58 Å².